The van der Waals surface area contributed by atoms with Crippen molar-refractivity contribution >= 4 is 72.9 Å². The van der Waals surface area contributed by atoms with Crippen LogP contribution in [0.2, 0.25) is 0 Å². The molecule has 4 aliphatic carbocycles. The summed E-state index contributed by atoms with van der Waals surface area (Å²) < 4.78 is 9.76. The van der Waals surface area contributed by atoms with E-state index < -0.39 is 0 Å². The van der Waals surface area contributed by atoms with E-state index in [1.54, 1.807) is 0 Å². The molecule has 0 saturated heterocycles. The number of rotatable bonds is 1. The Morgan fingerprint density at radius 3 is 1.74 bits per heavy atom. The van der Waals surface area contributed by atoms with Crippen molar-refractivity contribution in [2.45, 2.75) is 167 Å². The minimum absolute atomic E-state index is 0.00299. The van der Waals surface area contributed by atoms with Crippen molar-refractivity contribution in [3.63, 3.8) is 0 Å². The summed E-state index contributed by atoms with van der Waals surface area (Å²) in [6, 6.07) is 48.8. The Morgan fingerprint density at radius 1 is 0.462 bits per heavy atom. The van der Waals surface area contributed by atoms with Crippen LogP contribution in [0.15, 0.2) is 126 Å². The van der Waals surface area contributed by atoms with E-state index in [2.05, 4.69) is 235 Å². The summed E-state index contributed by atoms with van der Waals surface area (Å²) in [4.78, 5) is 2.78. The third-order valence-electron chi connectivity index (χ3n) is 21.6. The van der Waals surface area contributed by atoms with Gasteiger partial charge in [-0.2, -0.15) is 0 Å². The average molecular weight is 1020 g/mol. The lowest BCUT2D eigenvalue weighted by atomic mass is 9.43. The molecule has 0 bridgehead atoms. The summed E-state index contributed by atoms with van der Waals surface area (Å²) >= 11 is 0. The van der Waals surface area contributed by atoms with E-state index in [9.17, 15) is 0 Å². The van der Waals surface area contributed by atoms with E-state index in [0.717, 1.165) is 23.0 Å². The smallest absolute Gasteiger partial charge is 0.333 e. The molecule has 0 fully saturated rings. The normalized spacial score (nSPS) is 19.6. The van der Waals surface area contributed by atoms with E-state index in [0.29, 0.717) is 0 Å². The fraction of sp³-hybridized carbons (Fsp3) is 0.351. The van der Waals surface area contributed by atoms with Gasteiger partial charge >= 0.3 is 6.85 Å². The highest BCUT2D eigenvalue weighted by molar-refractivity contribution is 6.94. The summed E-state index contributed by atoms with van der Waals surface area (Å²) in [6.07, 6.45) is 4.71. The maximum atomic E-state index is 7.00. The van der Waals surface area contributed by atoms with Crippen molar-refractivity contribution in [2.75, 3.05) is 4.81 Å². The number of benzene rings is 8. The Bertz CT molecular complexity index is 4420. The van der Waals surface area contributed by atoms with Gasteiger partial charge in [0, 0.05) is 55.0 Å². The van der Waals surface area contributed by atoms with Gasteiger partial charge in [-0.3, -0.25) is 0 Å². The maximum absolute atomic E-state index is 7.00. The molecule has 8 aromatic carbocycles. The number of para-hydroxylation sites is 1. The Kier molecular flexibility index (Phi) is 8.68. The van der Waals surface area contributed by atoms with Crippen LogP contribution in [0.25, 0.3) is 82.8 Å². The summed E-state index contributed by atoms with van der Waals surface area (Å²) in [6.45, 7) is 36.8. The Labute approximate surface area is 462 Å². The number of aromatic nitrogens is 1. The number of hydrogen-bond donors (Lipinski definition) is 0. The van der Waals surface area contributed by atoms with Gasteiger partial charge in [-0.05, 0) is 202 Å². The van der Waals surface area contributed by atoms with Crippen molar-refractivity contribution < 1.29 is 4.42 Å². The molecule has 4 heteroatoms. The molecule has 0 N–H and O–H groups in total. The van der Waals surface area contributed by atoms with E-state index in [-0.39, 0.29) is 44.8 Å². The van der Waals surface area contributed by atoms with Gasteiger partial charge in [0.2, 0.25) is 0 Å². The fourth-order valence-electron chi connectivity index (χ4n) is 16.8. The standard InChI is InChI=1S/C74H73BN2O/c1-68(2,3)40-24-26-41(27-25-40)77-58-35-45-44-32-52-54(71(8,9)30-28-69(52,4)5)37-51(44)73(12,13)50(45)33-48(58)63-62-43-21-16-18-22-49(43)74(14,15)65(62)64-47-34-53-55(72(10,11)31-29-70(53,6)7)38-57(47)76-59-36-46-42-20-17-19-23-60(42)78-61(46)39-56(59)75(77)66(63)67(64)76/h16-27,32-39H,28-31H2,1-15H3. The first-order valence-electron chi connectivity index (χ1n) is 29.4. The quantitative estimate of drug-likeness (QED) is 0.153. The molecule has 0 amide bonds. The molecule has 78 heavy (non-hydrogen) atoms. The number of anilines is 2. The largest absolute Gasteiger partial charge is 0.456 e. The van der Waals surface area contributed by atoms with Crippen LogP contribution in [0.4, 0.5) is 11.4 Å². The second-order valence-corrected chi connectivity index (χ2v) is 29.8. The van der Waals surface area contributed by atoms with E-state index in [4.69, 9.17) is 4.42 Å². The second kappa shape index (κ2) is 14.3. The highest BCUT2D eigenvalue weighted by Crippen LogP contribution is 2.63. The number of nitrogens with zero attached hydrogens (tertiary/aromatic N) is 2. The highest BCUT2D eigenvalue weighted by atomic mass is 16.3. The van der Waals surface area contributed by atoms with Gasteiger partial charge in [-0.1, -0.05) is 165 Å². The molecule has 0 atom stereocenters. The minimum atomic E-state index is -0.282. The number of hydrogen-bond acceptors (Lipinski definition) is 2. The van der Waals surface area contributed by atoms with Crippen molar-refractivity contribution in [3.8, 4) is 39.1 Å². The van der Waals surface area contributed by atoms with Gasteiger partial charge in [-0.25, -0.2) is 0 Å². The molecule has 2 aromatic heterocycles. The molecule has 4 heterocycles. The first-order chi connectivity index (χ1) is 36.8. The molecule has 2 aliphatic heterocycles. The molecular weight excluding hydrogens is 944 g/mol. The van der Waals surface area contributed by atoms with Gasteiger partial charge in [0.25, 0.3) is 0 Å². The molecule has 0 radical (unpaired) electrons. The van der Waals surface area contributed by atoms with Crippen LogP contribution >= 0.6 is 0 Å². The molecule has 6 aliphatic rings. The molecule has 0 spiro atoms. The molecule has 0 saturated carbocycles. The Balaban J connectivity index is 1.13. The van der Waals surface area contributed by atoms with Crippen molar-refractivity contribution in [2.24, 2.45) is 0 Å². The second-order valence-electron chi connectivity index (χ2n) is 29.8. The molecule has 16 rings (SSSR count). The molecular formula is C74H73BN2O. The van der Waals surface area contributed by atoms with Gasteiger partial charge in [0.05, 0.1) is 11.0 Å². The highest BCUT2D eigenvalue weighted by Gasteiger charge is 2.52. The number of furan rings is 1. The zero-order chi connectivity index (χ0) is 54.1. The third kappa shape index (κ3) is 5.73. The summed E-state index contributed by atoms with van der Waals surface area (Å²) in [5.41, 5.74) is 32.2. The van der Waals surface area contributed by atoms with Crippen LogP contribution in [-0.4, -0.2) is 11.4 Å². The topological polar surface area (TPSA) is 21.3 Å². The lowest BCUT2D eigenvalue weighted by molar-refractivity contribution is 0.331. The van der Waals surface area contributed by atoms with Crippen LogP contribution in [-0.2, 0) is 37.9 Å². The van der Waals surface area contributed by atoms with E-state index in [1.165, 1.54) is 158 Å². The van der Waals surface area contributed by atoms with Crippen molar-refractivity contribution in [1.82, 2.24) is 4.57 Å². The molecule has 0 unspecified atom stereocenters. The first kappa shape index (κ1) is 47.2. The predicted molar refractivity (Wildman–Crippen MR) is 331 cm³/mol. The number of fused-ring (bicyclic) bond motifs is 21. The van der Waals surface area contributed by atoms with Crippen LogP contribution in [0, 0.1) is 0 Å². The maximum Gasteiger partial charge on any atom is 0.333 e. The molecule has 3 nitrogen and oxygen atoms in total. The van der Waals surface area contributed by atoms with Gasteiger partial charge in [-0.15, -0.1) is 0 Å². The zero-order valence-corrected chi connectivity index (χ0v) is 48.8. The predicted octanol–water partition coefficient (Wildman–Crippen LogP) is 18.5. The van der Waals surface area contributed by atoms with Crippen LogP contribution in [0.1, 0.15) is 180 Å². The fourth-order valence-corrected chi connectivity index (χ4v) is 16.8. The monoisotopic (exact) mass is 1020 g/mol. The van der Waals surface area contributed by atoms with Gasteiger partial charge < -0.3 is 13.8 Å². The SMILES string of the molecule is CC(C)(C)c1ccc(N2B3c4cc5oc6ccccc6c5cc4-n4c5cc6c(cc5c5c7c(c(c3c54)-c3cc4c(cc32)-c2cc3c(cc2C4(C)C)C(C)(C)CCC3(C)C)-c2ccccc2C7(C)C)C(C)(C)CCC6(C)C)cc1. The molecule has 388 valence electrons. The van der Waals surface area contributed by atoms with Crippen LogP contribution in [0.3, 0.4) is 0 Å². The third-order valence-corrected chi connectivity index (χ3v) is 21.6. The van der Waals surface area contributed by atoms with Gasteiger partial charge in [0.1, 0.15) is 11.2 Å². The Hall–Kier alpha value is -6.78. The van der Waals surface area contributed by atoms with Crippen LogP contribution < -0.4 is 15.7 Å². The first-order valence-corrected chi connectivity index (χ1v) is 29.4. The van der Waals surface area contributed by atoms with Crippen molar-refractivity contribution in [3.05, 3.63) is 171 Å². The van der Waals surface area contributed by atoms with Crippen molar-refractivity contribution in [1.29, 1.82) is 0 Å². The lowest BCUT2D eigenvalue weighted by Gasteiger charge is -2.43. The summed E-state index contributed by atoms with van der Waals surface area (Å²) in [5, 5.41) is 5.13. The Morgan fingerprint density at radius 2 is 1.05 bits per heavy atom. The van der Waals surface area contributed by atoms with Crippen LogP contribution in [0.5, 0.6) is 0 Å². The summed E-state index contributed by atoms with van der Waals surface area (Å²) in [5.74, 6) is 0. The zero-order valence-electron chi connectivity index (χ0n) is 48.8. The molecule has 10 aromatic rings. The van der Waals surface area contributed by atoms with E-state index >= 15 is 0 Å². The summed E-state index contributed by atoms with van der Waals surface area (Å²) in [7, 11) is 0. The minimum Gasteiger partial charge on any atom is -0.456 e. The lowest BCUT2D eigenvalue weighted by Crippen LogP contribution is -2.60. The van der Waals surface area contributed by atoms with Gasteiger partial charge in [0.15, 0.2) is 0 Å². The average Bonchev–Trinajstić information content (AvgIpc) is 3.13. The van der Waals surface area contributed by atoms with E-state index in [1.807, 2.05) is 0 Å².